The summed E-state index contributed by atoms with van der Waals surface area (Å²) >= 11 is 0. The molecule has 6 nitrogen and oxygen atoms in total. The predicted octanol–water partition coefficient (Wildman–Crippen LogP) is 14.8. The van der Waals surface area contributed by atoms with E-state index >= 15 is 0 Å². The number of esters is 3. The third kappa shape index (κ3) is 43.2. The molecule has 0 N–H and O–H groups in total. The highest BCUT2D eigenvalue weighted by molar-refractivity contribution is 5.72. The van der Waals surface area contributed by atoms with E-state index in [4.69, 9.17) is 14.2 Å². The number of hydrogen-bond acceptors (Lipinski definition) is 6. The maximum Gasteiger partial charge on any atom is 0.309 e. The Morgan fingerprint density at radius 3 is 1.22 bits per heavy atom. The summed E-state index contributed by atoms with van der Waals surface area (Å²) in [5.74, 6) is -1.10. The molecule has 0 spiro atoms. The van der Waals surface area contributed by atoms with Crippen LogP contribution in [-0.2, 0) is 28.6 Å². The number of carbonyl (C=O) groups excluding carboxylic acids is 3. The Bertz CT molecular complexity index is 1240. The van der Waals surface area contributed by atoms with Gasteiger partial charge >= 0.3 is 17.9 Å². The van der Waals surface area contributed by atoms with Crippen molar-refractivity contribution in [3.63, 3.8) is 0 Å². The number of rotatable bonds is 39. The minimum Gasteiger partial charge on any atom is -0.462 e. The summed E-state index contributed by atoms with van der Waals surface area (Å²) < 4.78 is 16.6. The van der Waals surface area contributed by atoms with Gasteiger partial charge in [-0.15, -0.1) is 0 Å². The van der Waals surface area contributed by atoms with E-state index < -0.39 is 12.1 Å². The van der Waals surface area contributed by atoms with Gasteiger partial charge in [0.2, 0.25) is 0 Å². The third-order valence-corrected chi connectivity index (χ3v) is 9.01. The molecule has 0 saturated heterocycles. The third-order valence-electron chi connectivity index (χ3n) is 9.01. The van der Waals surface area contributed by atoms with E-state index in [9.17, 15) is 14.4 Å². The van der Waals surface area contributed by atoms with Gasteiger partial charge in [-0.3, -0.25) is 14.4 Å². The minimum atomic E-state index is -0.830. The van der Waals surface area contributed by atoms with Crippen LogP contribution in [0.5, 0.6) is 0 Å². The summed E-state index contributed by atoms with van der Waals surface area (Å²) in [4.78, 5) is 37.7. The molecule has 0 heterocycles. The molecule has 0 aliphatic heterocycles. The molecule has 0 fully saturated rings. The molecule has 58 heavy (non-hydrogen) atoms. The Labute approximate surface area is 355 Å². The SMILES string of the molecule is CC/C=C\C/C=C\C/C=C\C/C=C\C/C=C\CC(=O)OCC(COC(=O)CCCCCCC/C=C\CCC)OC(=O)CCCCCCC/C=C\C/C=C\C/C=C\CC. The zero-order valence-corrected chi connectivity index (χ0v) is 37.0. The van der Waals surface area contributed by atoms with Gasteiger partial charge in [-0.05, 0) is 96.3 Å². The van der Waals surface area contributed by atoms with Crippen LogP contribution in [0.4, 0.5) is 0 Å². The van der Waals surface area contributed by atoms with E-state index in [1.807, 2.05) is 6.08 Å². The van der Waals surface area contributed by atoms with Gasteiger partial charge in [0.1, 0.15) is 13.2 Å². The second kappa shape index (κ2) is 45.8. The van der Waals surface area contributed by atoms with Crippen molar-refractivity contribution in [1.29, 1.82) is 0 Å². The molecule has 0 aromatic carbocycles. The van der Waals surface area contributed by atoms with Crippen LogP contribution >= 0.6 is 0 Å². The lowest BCUT2D eigenvalue weighted by Gasteiger charge is -2.18. The van der Waals surface area contributed by atoms with Crippen LogP contribution in [0.15, 0.2) is 109 Å². The van der Waals surface area contributed by atoms with Gasteiger partial charge in [-0.2, -0.15) is 0 Å². The average Bonchev–Trinajstić information content (AvgIpc) is 3.22. The molecule has 326 valence electrons. The van der Waals surface area contributed by atoms with Crippen molar-refractivity contribution in [3.8, 4) is 0 Å². The van der Waals surface area contributed by atoms with Crippen molar-refractivity contribution < 1.29 is 28.6 Å². The number of hydrogen-bond donors (Lipinski definition) is 0. The molecule has 0 aliphatic rings. The highest BCUT2D eigenvalue weighted by Crippen LogP contribution is 2.12. The normalized spacial score (nSPS) is 13.1. The largest absolute Gasteiger partial charge is 0.462 e. The predicted molar refractivity (Wildman–Crippen MR) is 247 cm³/mol. The molecule has 0 amide bonds. The highest BCUT2D eigenvalue weighted by Gasteiger charge is 2.19. The van der Waals surface area contributed by atoms with Crippen LogP contribution in [0.25, 0.3) is 0 Å². The van der Waals surface area contributed by atoms with Gasteiger partial charge in [-0.1, -0.05) is 175 Å². The van der Waals surface area contributed by atoms with Crippen LogP contribution in [0.2, 0.25) is 0 Å². The summed E-state index contributed by atoms with van der Waals surface area (Å²) in [6.45, 7) is 6.20. The smallest absolute Gasteiger partial charge is 0.309 e. The molecule has 6 heteroatoms. The van der Waals surface area contributed by atoms with Crippen molar-refractivity contribution in [2.45, 2.75) is 187 Å². The molecule has 1 atom stereocenters. The van der Waals surface area contributed by atoms with Crippen LogP contribution in [0, 0.1) is 0 Å². The van der Waals surface area contributed by atoms with E-state index in [0.717, 1.165) is 128 Å². The topological polar surface area (TPSA) is 78.9 Å². The first-order valence-corrected chi connectivity index (χ1v) is 22.9. The first kappa shape index (κ1) is 54.1. The summed E-state index contributed by atoms with van der Waals surface area (Å²) in [6, 6.07) is 0. The molecule has 0 bridgehead atoms. The monoisotopic (exact) mass is 803 g/mol. The van der Waals surface area contributed by atoms with Crippen molar-refractivity contribution in [2.24, 2.45) is 0 Å². The molecule has 0 rings (SSSR count). The second-order valence-electron chi connectivity index (χ2n) is 14.6. The molecule has 0 saturated carbocycles. The molecule has 0 aliphatic carbocycles. The molecule has 0 aromatic heterocycles. The van der Waals surface area contributed by atoms with Gasteiger partial charge in [0, 0.05) is 12.8 Å². The fraction of sp³-hybridized carbons (Fsp3) is 0.596. The summed E-state index contributed by atoms with van der Waals surface area (Å²) in [5.41, 5.74) is 0. The molecule has 1 unspecified atom stereocenters. The highest BCUT2D eigenvalue weighted by atomic mass is 16.6. The second-order valence-corrected chi connectivity index (χ2v) is 14.6. The van der Waals surface area contributed by atoms with E-state index in [0.29, 0.717) is 6.42 Å². The zero-order chi connectivity index (χ0) is 42.3. The Morgan fingerprint density at radius 2 is 0.741 bits per heavy atom. The number of unbranched alkanes of at least 4 members (excludes halogenated alkanes) is 11. The van der Waals surface area contributed by atoms with Gasteiger partial charge in [0.15, 0.2) is 6.10 Å². The lowest BCUT2D eigenvalue weighted by Crippen LogP contribution is -2.30. The van der Waals surface area contributed by atoms with Crippen LogP contribution in [0.1, 0.15) is 181 Å². The summed E-state index contributed by atoms with van der Waals surface area (Å²) in [7, 11) is 0. The number of ether oxygens (including phenoxy) is 3. The van der Waals surface area contributed by atoms with Crippen molar-refractivity contribution in [2.75, 3.05) is 13.2 Å². The zero-order valence-electron chi connectivity index (χ0n) is 37.0. The summed E-state index contributed by atoms with van der Waals surface area (Å²) in [6.07, 6.45) is 61.0. The quantitative estimate of drug-likeness (QED) is 0.0267. The van der Waals surface area contributed by atoms with E-state index in [1.165, 1.54) is 12.8 Å². The Hall–Kier alpha value is -3.93. The standard InChI is InChI=1S/C52H82O6/c1-4-7-10-13-16-19-22-24-26-28-30-33-36-39-42-45-51(54)57-48-49(47-56-50(53)44-41-38-35-32-21-18-15-12-9-6-3)58-52(55)46-43-40-37-34-31-29-27-25-23-20-17-14-11-8-5-2/h7-8,10-12,15-17,19-20,24-27,30,33,39,42,49H,4-6,9,13-14,18,21-23,28-29,31-32,34-38,40-41,43-48H2,1-3H3/b10-7-,11-8-,15-12-,19-16-,20-17-,26-24-,27-25-,33-30-,42-39-. The Morgan fingerprint density at radius 1 is 0.379 bits per heavy atom. The van der Waals surface area contributed by atoms with Gasteiger partial charge in [0.05, 0.1) is 6.42 Å². The Kier molecular flexibility index (Phi) is 42.7. The van der Waals surface area contributed by atoms with E-state index in [-0.39, 0.29) is 38.0 Å². The number of carbonyl (C=O) groups is 3. The van der Waals surface area contributed by atoms with Crippen LogP contribution in [0.3, 0.4) is 0 Å². The van der Waals surface area contributed by atoms with E-state index in [2.05, 4.69) is 118 Å². The minimum absolute atomic E-state index is 0.118. The van der Waals surface area contributed by atoms with Crippen LogP contribution < -0.4 is 0 Å². The first-order valence-electron chi connectivity index (χ1n) is 22.9. The van der Waals surface area contributed by atoms with Crippen LogP contribution in [-0.4, -0.2) is 37.2 Å². The van der Waals surface area contributed by atoms with Crippen molar-refractivity contribution in [3.05, 3.63) is 109 Å². The molecule has 0 aromatic rings. The average molecular weight is 803 g/mol. The number of allylic oxidation sites excluding steroid dienone is 17. The maximum atomic E-state index is 12.7. The van der Waals surface area contributed by atoms with Gasteiger partial charge in [-0.25, -0.2) is 0 Å². The Balaban J connectivity index is 4.56. The molecular formula is C52H82O6. The van der Waals surface area contributed by atoms with Crippen molar-refractivity contribution in [1.82, 2.24) is 0 Å². The lowest BCUT2D eigenvalue weighted by atomic mass is 10.1. The first-order chi connectivity index (χ1) is 28.5. The fourth-order valence-electron chi connectivity index (χ4n) is 5.65. The molecular weight excluding hydrogens is 721 g/mol. The summed E-state index contributed by atoms with van der Waals surface area (Å²) in [5, 5.41) is 0. The lowest BCUT2D eigenvalue weighted by molar-refractivity contribution is -0.166. The maximum absolute atomic E-state index is 12.7. The fourth-order valence-corrected chi connectivity index (χ4v) is 5.65. The molecule has 0 radical (unpaired) electrons. The van der Waals surface area contributed by atoms with Crippen molar-refractivity contribution >= 4 is 17.9 Å². The van der Waals surface area contributed by atoms with Gasteiger partial charge < -0.3 is 14.2 Å². The van der Waals surface area contributed by atoms with Gasteiger partial charge in [0.25, 0.3) is 0 Å². The van der Waals surface area contributed by atoms with E-state index in [1.54, 1.807) is 6.08 Å².